The molecule has 0 unspecified atom stereocenters. The van der Waals surface area contributed by atoms with Gasteiger partial charge in [0.15, 0.2) is 5.82 Å². The largest absolute Gasteiger partial charge is 0.330 e. The Balaban J connectivity index is 1.92. The lowest BCUT2D eigenvalue weighted by Crippen LogP contribution is -1.98. The van der Waals surface area contributed by atoms with Gasteiger partial charge in [-0.2, -0.15) is 5.10 Å². The van der Waals surface area contributed by atoms with Gasteiger partial charge in [-0.05, 0) is 6.07 Å². The zero-order chi connectivity index (χ0) is 13.9. The number of rotatable bonds is 4. The summed E-state index contributed by atoms with van der Waals surface area (Å²) in [5.41, 5.74) is 0.381. The molecule has 8 heteroatoms. The normalized spacial score (nSPS) is 10.6. The average molecular weight is 270 g/mol. The fraction of sp³-hybridized carbons (Fsp3) is 0.0833. The second-order valence-electron chi connectivity index (χ2n) is 4.11. The quantitative estimate of drug-likeness (QED) is 0.573. The van der Waals surface area contributed by atoms with Gasteiger partial charge < -0.3 is 4.57 Å². The van der Waals surface area contributed by atoms with Crippen molar-refractivity contribution in [1.82, 2.24) is 24.7 Å². The van der Waals surface area contributed by atoms with Crippen LogP contribution in [0.4, 0.5) is 5.69 Å². The van der Waals surface area contributed by atoms with Crippen molar-refractivity contribution in [1.29, 1.82) is 0 Å². The third-order valence-corrected chi connectivity index (χ3v) is 2.76. The second-order valence-corrected chi connectivity index (χ2v) is 4.11. The van der Waals surface area contributed by atoms with Crippen LogP contribution in [0, 0.1) is 10.1 Å². The zero-order valence-electron chi connectivity index (χ0n) is 10.3. The van der Waals surface area contributed by atoms with Gasteiger partial charge >= 0.3 is 0 Å². The first-order valence-corrected chi connectivity index (χ1v) is 5.85. The van der Waals surface area contributed by atoms with E-state index < -0.39 is 4.92 Å². The van der Waals surface area contributed by atoms with Gasteiger partial charge in [0.25, 0.3) is 5.69 Å². The Kier molecular flexibility index (Phi) is 2.96. The molecule has 0 aliphatic rings. The van der Waals surface area contributed by atoms with E-state index in [2.05, 4.69) is 20.2 Å². The minimum atomic E-state index is -0.443. The number of hydrogen-bond acceptors (Lipinski definition) is 5. The van der Waals surface area contributed by atoms with Crippen LogP contribution in [-0.4, -0.2) is 29.7 Å². The van der Waals surface area contributed by atoms with Crippen LogP contribution in [0.3, 0.4) is 0 Å². The van der Waals surface area contributed by atoms with Crippen LogP contribution in [0.2, 0.25) is 0 Å². The van der Waals surface area contributed by atoms with E-state index in [0.717, 1.165) is 0 Å². The monoisotopic (exact) mass is 270 g/mol. The van der Waals surface area contributed by atoms with Gasteiger partial charge in [0.2, 0.25) is 0 Å². The maximum Gasteiger partial charge on any atom is 0.280 e. The summed E-state index contributed by atoms with van der Waals surface area (Å²) in [6, 6.07) is 6.39. The van der Waals surface area contributed by atoms with Gasteiger partial charge in [-0.25, -0.2) is 9.97 Å². The molecule has 0 radical (unpaired) electrons. The Labute approximate surface area is 113 Å². The molecule has 3 aromatic rings. The Morgan fingerprint density at radius 3 is 2.95 bits per heavy atom. The van der Waals surface area contributed by atoms with Crippen molar-refractivity contribution in [2.24, 2.45) is 0 Å². The maximum atomic E-state index is 11.0. The van der Waals surface area contributed by atoms with E-state index in [0.29, 0.717) is 23.8 Å². The van der Waals surface area contributed by atoms with Crippen molar-refractivity contribution in [3.63, 3.8) is 0 Å². The van der Waals surface area contributed by atoms with Crippen LogP contribution in [0.5, 0.6) is 0 Å². The summed E-state index contributed by atoms with van der Waals surface area (Å²) in [5, 5.41) is 17.8. The molecule has 0 fully saturated rings. The smallest absolute Gasteiger partial charge is 0.280 e. The number of aromatic nitrogens is 5. The van der Waals surface area contributed by atoms with Crippen molar-refractivity contribution in [3.8, 4) is 11.4 Å². The lowest BCUT2D eigenvalue weighted by atomic mass is 10.2. The van der Waals surface area contributed by atoms with Gasteiger partial charge in [-0.1, -0.05) is 12.1 Å². The number of nitrogens with one attached hydrogen (secondary N) is 1. The van der Waals surface area contributed by atoms with Gasteiger partial charge in [-0.3, -0.25) is 15.2 Å². The number of nitro benzene ring substituents is 1. The van der Waals surface area contributed by atoms with Crippen LogP contribution in [-0.2, 0) is 6.54 Å². The maximum absolute atomic E-state index is 11.0. The first-order valence-electron chi connectivity index (χ1n) is 5.85. The van der Waals surface area contributed by atoms with E-state index >= 15 is 0 Å². The molecule has 0 spiro atoms. The standard InChI is InChI=1S/C12H10N6O2/c19-18(20)10-4-2-1-3-9(10)12-14-11(15-16-12)7-17-6-5-13-8-17/h1-6,8H,7H2,(H,14,15,16). The van der Waals surface area contributed by atoms with Crippen molar-refractivity contribution < 1.29 is 4.92 Å². The topological polar surface area (TPSA) is 103 Å². The molecule has 0 saturated carbocycles. The molecular weight excluding hydrogens is 260 g/mol. The molecule has 0 bridgehead atoms. The number of H-pyrrole nitrogens is 1. The average Bonchev–Trinajstić information content (AvgIpc) is 3.11. The molecule has 20 heavy (non-hydrogen) atoms. The Hall–Kier alpha value is -3.03. The molecule has 1 aromatic carbocycles. The minimum absolute atomic E-state index is 0.0133. The Bertz CT molecular complexity index is 734. The third kappa shape index (κ3) is 2.26. The Morgan fingerprint density at radius 2 is 2.20 bits per heavy atom. The van der Waals surface area contributed by atoms with Crippen LogP contribution >= 0.6 is 0 Å². The fourth-order valence-corrected chi connectivity index (χ4v) is 1.86. The molecular formula is C12H10N6O2. The molecule has 1 N–H and O–H groups in total. The molecule has 0 aliphatic carbocycles. The van der Waals surface area contributed by atoms with Crippen molar-refractivity contribution >= 4 is 5.69 Å². The highest BCUT2D eigenvalue weighted by atomic mass is 16.6. The SMILES string of the molecule is O=[N+]([O-])c1ccccc1-c1n[nH]c(Cn2ccnc2)n1. The van der Waals surface area contributed by atoms with E-state index in [4.69, 9.17) is 0 Å². The molecule has 0 saturated heterocycles. The number of aromatic amines is 1. The molecule has 0 amide bonds. The molecule has 2 heterocycles. The molecule has 0 atom stereocenters. The minimum Gasteiger partial charge on any atom is -0.330 e. The molecule has 0 aliphatic heterocycles. The number of imidazole rings is 1. The second kappa shape index (κ2) is 4.92. The summed E-state index contributed by atoms with van der Waals surface area (Å²) in [4.78, 5) is 18.8. The number of para-hydroxylation sites is 1. The number of benzene rings is 1. The Morgan fingerprint density at radius 1 is 1.35 bits per heavy atom. The van der Waals surface area contributed by atoms with E-state index in [1.165, 1.54) is 6.07 Å². The summed E-state index contributed by atoms with van der Waals surface area (Å²) >= 11 is 0. The number of hydrogen-bond donors (Lipinski definition) is 1. The summed E-state index contributed by atoms with van der Waals surface area (Å²) in [7, 11) is 0. The lowest BCUT2D eigenvalue weighted by molar-refractivity contribution is -0.384. The fourth-order valence-electron chi connectivity index (χ4n) is 1.86. The molecule has 3 rings (SSSR count). The zero-order valence-corrected chi connectivity index (χ0v) is 10.3. The highest BCUT2D eigenvalue weighted by Crippen LogP contribution is 2.26. The number of nitro groups is 1. The number of nitrogens with zero attached hydrogens (tertiary/aromatic N) is 5. The van der Waals surface area contributed by atoms with Crippen LogP contribution in [0.1, 0.15) is 5.82 Å². The van der Waals surface area contributed by atoms with Gasteiger partial charge in [0.1, 0.15) is 5.82 Å². The summed E-state index contributed by atoms with van der Waals surface area (Å²) in [6.07, 6.45) is 5.12. The van der Waals surface area contributed by atoms with Crippen molar-refractivity contribution in [2.75, 3.05) is 0 Å². The van der Waals surface area contributed by atoms with Crippen molar-refractivity contribution in [3.05, 3.63) is 58.9 Å². The summed E-state index contributed by atoms with van der Waals surface area (Å²) in [5.74, 6) is 0.920. The highest BCUT2D eigenvalue weighted by Gasteiger charge is 2.17. The first-order chi connectivity index (χ1) is 9.74. The lowest BCUT2D eigenvalue weighted by Gasteiger charge is -1.97. The van der Waals surface area contributed by atoms with Crippen molar-refractivity contribution in [2.45, 2.75) is 6.54 Å². The van der Waals surface area contributed by atoms with Crippen LogP contribution in [0.15, 0.2) is 43.0 Å². The molecule has 100 valence electrons. The summed E-state index contributed by atoms with van der Waals surface area (Å²) < 4.78 is 1.82. The first kappa shape index (κ1) is 12.0. The van der Waals surface area contributed by atoms with Crippen LogP contribution in [0.25, 0.3) is 11.4 Å². The van der Waals surface area contributed by atoms with E-state index in [9.17, 15) is 10.1 Å². The van der Waals surface area contributed by atoms with Gasteiger partial charge in [-0.15, -0.1) is 0 Å². The van der Waals surface area contributed by atoms with E-state index in [1.54, 1.807) is 36.9 Å². The van der Waals surface area contributed by atoms with E-state index in [-0.39, 0.29) is 5.69 Å². The predicted molar refractivity (Wildman–Crippen MR) is 69.8 cm³/mol. The molecule has 2 aromatic heterocycles. The van der Waals surface area contributed by atoms with E-state index in [1.807, 2.05) is 4.57 Å². The highest BCUT2D eigenvalue weighted by molar-refractivity contribution is 5.67. The van der Waals surface area contributed by atoms with Crippen LogP contribution < -0.4 is 0 Å². The van der Waals surface area contributed by atoms with Gasteiger partial charge in [0.05, 0.1) is 23.4 Å². The van der Waals surface area contributed by atoms with Gasteiger partial charge in [0, 0.05) is 18.5 Å². The molecule has 8 nitrogen and oxygen atoms in total. The predicted octanol–water partition coefficient (Wildman–Crippen LogP) is 1.62. The third-order valence-electron chi connectivity index (χ3n) is 2.76. The summed E-state index contributed by atoms with van der Waals surface area (Å²) in [6.45, 7) is 0.480.